The van der Waals surface area contributed by atoms with Crippen molar-refractivity contribution in [2.75, 3.05) is 18.4 Å². The first-order chi connectivity index (χ1) is 9.88. The van der Waals surface area contributed by atoms with Crippen molar-refractivity contribution in [3.8, 4) is 0 Å². The SMILES string of the molecule is O=CC=CN1CC[C@@H](Nc2cc(Cl)cc(C(F)(F)F)c2)C1. The second kappa shape index (κ2) is 6.39. The van der Waals surface area contributed by atoms with E-state index in [1.165, 1.54) is 12.1 Å². The Morgan fingerprint density at radius 1 is 1.33 bits per heavy atom. The lowest BCUT2D eigenvalue weighted by atomic mass is 10.1. The monoisotopic (exact) mass is 318 g/mol. The first-order valence-corrected chi connectivity index (χ1v) is 6.76. The number of nitrogens with one attached hydrogen (secondary N) is 1. The third-order valence-electron chi connectivity index (χ3n) is 3.19. The van der Waals surface area contributed by atoms with Crippen LogP contribution in [0.4, 0.5) is 18.9 Å². The molecule has 0 amide bonds. The van der Waals surface area contributed by atoms with E-state index in [4.69, 9.17) is 11.6 Å². The molecule has 21 heavy (non-hydrogen) atoms. The molecule has 3 nitrogen and oxygen atoms in total. The number of carbonyl (C=O) groups excluding carboxylic acids is 1. The number of nitrogens with zero attached hydrogens (tertiary/aromatic N) is 1. The molecule has 0 unspecified atom stereocenters. The van der Waals surface area contributed by atoms with Crippen LogP contribution < -0.4 is 5.32 Å². The minimum atomic E-state index is -4.42. The van der Waals surface area contributed by atoms with Crippen LogP contribution in [-0.2, 0) is 11.0 Å². The van der Waals surface area contributed by atoms with Crippen molar-refractivity contribution in [3.63, 3.8) is 0 Å². The van der Waals surface area contributed by atoms with Crippen LogP contribution in [0.15, 0.2) is 30.5 Å². The highest BCUT2D eigenvalue weighted by Crippen LogP contribution is 2.33. The van der Waals surface area contributed by atoms with Crippen molar-refractivity contribution >= 4 is 23.6 Å². The van der Waals surface area contributed by atoms with Crippen LogP contribution >= 0.6 is 11.6 Å². The maximum Gasteiger partial charge on any atom is 0.416 e. The summed E-state index contributed by atoms with van der Waals surface area (Å²) < 4.78 is 38.2. The molecule has 1 N–H and O–H groups in total. The Bertz CT molecular complexity index is 546. The van der Waals surface area contributed by atoms with Gasteiger partial charge in [0.1, 0.15) is 6.29 Å². The molecule has 0 radical (unpaired) electrons. The number of aldehydes is 1. The quantitative estimate of drug-likeness (QED) is 0.680. The Hall–Kier alpha value is -1.69. The first-order valence-electron chi connectivity index (χ1n) is 6.39. The summed E-state index contributed by atoms with van der Waals surface area (Å²) in [6.07, 6.45) is 0.109. The van der Waals surface area contributed by atoms with Gasteiger partial charge in [-0.3, -0.25) is 4.79 Å². The van der Waals surface area contributed by atoms with Crippen molar-refractivity contribution in [3.05, 3.63) is 41.1 Å². The zero-order valence-electron chi connectivity index (χ0n) is 11.0. The number of rotatable bonds is 4. The molecule has 1 atom stereocenters. The molecule has 1 aromatic rings. The summed E-state index contributed by atoms with van der Waals surface area (Å²) in [5.41, 5.74) is -0.422. The number of alkyl halides is 3. The molecule has 0 bridgehead atoms. The topological polar surface area (TPSA) is 32.3 Å². The van der Waals surface area contributed by atoms with Gasteiger partial charge in [0.25, 0.3) is 0 Å². The predicted octanol–water partition coefficient (Wildman–Crippen LogP) is 3.56. The highest BCUT2D eigenvalue weighted by molar-refractivity contribution is 6.30. The number of hydrogen-bond donors (Lipinski definition) is 1. The number of likely N-dealkylation sites (tertiary alicyclic amines) is 1. The van der Waals surface area contributed by atoms with Crippen LogP contribution in [-0.4, -0.2) is 30.3 Å². The number of halogens is 4. The van der Waals surface area contributed by atoms with Crippen molar-refractivity contribution in [1.82, 2.24) is 4.90 Å². The highest BCUT2D eigenvalue weighted by atomic mass is 35.5. The van der Waals surface area contributed by atoms with Gasteiger partial charge >= 0.3 is 6.18 Å². The number of benzene rings is 1. The molecule has 7 heteroatoms. The molecule has 1 aliphatic rings. The van der Waals surface area contributed by atoms with E-state index in [-0.39, 0.29) is 11.1 Å². The molecule has 1 heterocycles. The molecule has 1 aromatic carbocycles. The summed E-state index contributed by atoms with van der Waals surface area (Å²) in [6, 6.07) is 3.44. The molecule has 1 fully saturated rings. The fraction of sp³-hybridized carbons (Fsp3) is 0.357. The fourth-order valence-electron chi connectivity index (χ4n) is 2.27. The zero-order valence-corrected chi connectivity index (χ0v) is 11.8. The summed E-state index contributed by atoms with van der Waals surface area (Å²) in [7, 11) is 0. The molecule has 1 aliphatic heterocycles. The van der Waals surface area contributed by atoms with Crippen LogP contribution in [0.1, 0.15) is 12.0 Å². The van der Waals surface area contributed by atoms with E-state index in [0.29, 0.717) is 18.5 Å². The van der Waals surface area contributed by atoms with E-state index in [0.717, 1.165) is 25.1 Å². The van der Waals surface area contributed by atoms with Gasteiger partial charge in [-0.2, -0.15) is 13.2 Å². The van der Waals surface area contributed by atoms with E-state index in [2.05, 4.69) is 5.32 Å². The second-order valence-electron chi connectivity index (χ2n) is 4.83. The maximum atomic E-state index is 12.7. The smallest absolute Gasteiger partial charge is 0.380 e. The number of hydrogen-bond acceptors (Lipinski definition) is 3. The standard InChI is InChI=1S/C14H14ClF3N2O/c15-11-6-10(14(16,17)18)7-13(8-11)19-12-2-4-20(9-12)3-1-5-21/h1,3,5-8,12,19H,2,4,9H2/t12-/m1/s1. The molecular weight excluding hydrogens is 305 g/mol. The van der Waals surface area contributed by atoms with Crippen LogP contribution in [0.25, 0.3) is 0 Å². The first kappa shape index (κ1) is 15.7. The fourth-order valence-corrected chi connectivity index (χ4v) is 2.50. The van der Waals surface area contributed by atoms with Gasteiger partial charge in [-0.15, -0.1) is 0 Å². The van der Waals surface area contributed by atoms with Crippen LogP contribution in [0, 0.1) is 0 Å². The van der Waals surface area contributed by atoms with E-state index in [1.807, 2.05) is 4.90 Å². The van der Waals surface area contributed by atoms with Crippen LogP contribution in [0.5, 0.6) is 0 Å². The van der Waals surface area contributed by atoms with Gasteiger partial charge in [0.15, 0.2) is 0 Å². The molecule has 2 rings (SSSR count). The number of carbonyl (C=O) groups is 1. The van der Waals surface area contributed by atoms with Gasteiger partial charge in [0.05, 0.1) is 5.56 Å². The predicted molar refractivity (Wildman–Crippen MR) is 75.3 cm³/mol. The zero-order chi connectivity index (χ0) is 15.5. The van der Waals surface area contributed by atoms with E-state index in [1.54, 1.807) is 6.20 Å². The Kier molecular flexibility index (Phi) is 4.77. The minimum Gasteiger partial charge on any atom is -0.380 e. The lowest BCUT2D eigenvalue weighted by Gasteiger charge is -2.17. The number of anilines is 1. The molecule has 0 saturated carbocycles. The van der Waals surface area contributed by atoms with Crippen molar-refractivity contribution in [2.24, 2.45) is 0 Å². The second-order valence-corrected chi connectivity index (χ2v) is 5.27. The number of allylic oxidation sites excluding steroid dienone is 1. The molecule has 114 valence electrons. The molecule has 0 aliphatic carbocycles. The van der Waals surface area contributed by atoms with Crippen molar-refractivity contribution in [2.45, 2.75) is 18.6 Å². The Morgan fingerprint density at radius 3 is 2.76 bits per heavy atom. The average Bonchev–Trinajstić information content (AvgIpc) is 2.82. The van der Waals surface area contributed by atoms with Crippen LogP contribution in [0.2, 0.25) is 5.02 Å². The van der Waals surface area contributed by atoms with E-state index in [9.17, 15) is 18.0 Å². The van der Waals surface area contributed by atoms with Crippen LogP contribution in [0.3, 0.4) is 0 Å². The van der Waals surface area contributed by atoms with Gasteiger partial charge in [-0.1, -0.05) is 11.6 Å². The Morgan fingerprint density at radius 2 is 2.10 bits per heavy atom. The Balaban J connectivity index is 2.05. The van der Waals surface area contributed by atoms with Gasteiger partial charge < -0.3 is 10.2 Å². The largest absolute Gasteiger partial charge is 0.416 e. The van der Waals surface area contributed by atoms with Gasteiger partial charge in [-0.05, 0) is 30.7 Å². The summed E-state index contributed by atoms with van der Waals surface area (Å²) in [6.45, 7) is 1.37. The van der Waals surface area contributed by atoms with Gasteiger partial charge in [0.2, 0.25) is 0 Å². The normalized spacial score (nSPS) is 19.2. The summed E-state index contributed by atoms with van der Waals surface area (Å²) >= 11 is 5.74. The van der Waals surface area contributed by atoms with Gasteiger partial charge in [0, 0.05) is 36.0 Å². The third kappa shape index (κ3) is 4.39. The summed E-state index contributed by atoms with van der Waals surface area (Å²) in [5.74, 6) is 0. The van der Waals surface area contributed by atoms with E-state index >= 15 is 0 Å². The highest BCUT2D eigenvalue weighted by Gasteiger charge is 2.31. The third-order valence-corrected chi connectivity index (χ3v) is 3.41. The average molecular weight is 319 g/mol. The van der Waals surface area contributed by atoms with Gasteiger partial charge in [-0.25, -0.2) is 0 Å². The minimum absolute atomic E-state index is 0.0147. The summed E-state index contributed by atoms with van der Waals surface area (Å²) in [5, 5.41) is 3.10. The van der Waals surface area contributed by atoms with Crippen molar-refractivity contribution < 1.29 is 18.0 Å². The molecule has 1 saturated heterocycles. The summed E-state index contributed by atoms with van der Waals surface area (Å²) in [4.78, 5) is 12.2. The lowest BCUT2D eigenvalue weighted by Crippen LogP contribution is -2.23. The molecular formula is C14H14ClF3N2O. The molecule has 0 aromatic heterocycles. The Labute approximate surface area is 125 Å². The maximum absolute atomic E-state index is 12.7. The van der Waals surface area contributed by atoms with Crippen molar-refractivity contribution in [1.29, 1.82) is 0 Å². The lowest BCUT2D eigenvalue weighted by molar-refractivity contribution is -0.137. The molecule has 0 spiro atoms. The van der Waals surface area contributed by atoms with E-state index < -0.39 is 11.7 Å².